The zero-order valence-electron chi connectivity index (χ0n) is 9.38. The molecule has 0 fully saturated rings. The minimum Gasteiger partial charge on any atom is -0.396 e. The lowest BCUT2D eigenvalue weighted by Gasteiger charge is -2.14. The number of hydrogen-bond donors (Lipinski definition) is 2. The van der Waals surface area contributed by atoms with Crippen molar-refractivity contribution in [3.05, 3.63) is 35.1 Å². The normalized spacial score (nSPS) is 13.0. The van der Waals surface area contributed by atoms with Crippen LogP contribution < -0.4 is 5.73 Å². The molecule has 0 saturated heterocycles. The maximum atomic E-state index is 13.0. The Bertz CT molecular complexity index is 384. The Kier molecular flexibility index (Phi) is 6.59. The summed E-state index contributed by atoms with van der Waals surface area (Å²) >= 11 is 0. The third-order valence-electron chi connectivity index (χ3n) is 2.35. The largest absolute Gasteiger partial charge is 0.416 e. The van der Waals surface area contributed by atoms with Gasteiger partial charge >= 0.3 is 6.18 Å². The summed E-state index contributed by atoms with van der Waals surface area (Å²) in [6.07, 6.45) is -3.93. The zero-order valence-corrected chi connectivity index (χ0v) is 10.2. The van der Waals surface area contributed by atoms with Crippen molar-refractivity contribution in [2.24, 2.45) is 5.73 Å². The number of halogens is 5. The molecule has 1 atom stereocenters. The first-order valence-corrected chi connectivity index (χ1v) is 5.08. The van der Waals surface area contributed by atoms with E-state index in [0.29, 0.717) is 18.9 Å². The molecule has 0 bridgehead atoms. The Hall–Kier alpha value is -0.850. The van der Waals surface area contributed by atoms with E-state index >= 15 is 0 Å². The van der Waals surface area contributed by atoms with Gasteiger partial charge < -0.3 is 10.8 Å². The Morgan fingerprint density at radius 2 is 1.83 bits per heavy atom. The first-order valence-electron chi connectivity index (χ1n) is 5.08. The van der Waals surface area contributed by atoms with Gasteiger partial charge in [-0.25, -0.2) is 4.39 Å². The van der Waals surface area contributed by atoms with Crippen molar-refractivity contribution in [2.75, 3.05) is 6.61 Å². The van der Waals surface area contributed by atoms with Gasteiger partial charge in [-0.2, -0.15) is 13.2 Å². The molecule has 7 heteroatoms. The average molecular weight is 288 g/mol. The third kappa shape index (κ3) is 4.80. The lowest BCUT2D eigenvalue weighted by Crippen LogP contribution is -2.13. The van der Waals surface area contributed by atoms with Crippen molar-refractivity contribution in [1.82, 2.24) is 0 Å². The van der Waals surface area contributed by atoms with Gasteiger partial charge in [0, 0.05) is 12.6 Å². The summed E-state index contributed by atoms with van der Waals surface area (Å²) in [6.45, 7) is -0.102. The molecule has 0 saturated carbocycles. The fourth-order valence-electron chi connectivity index (χ4n) is 1.47. The van der Waals surface area contributed by atoms with Gasteiger partial charge in [0.1, 0.15) is 5.82 Å². The van der Waals surface area contributed by atoms with Gasteiger partial charge in [0.05, 0.1) is 5.56 Å². The van der Waals surface area contributed by atoms with Crippen molar-refractivity contribution >= 4 is 12.4 Å². The maximum Gasteiger partial charge on any atom is 0.416 e. The van der Waals surface area contributed by atoms with Crippen LogP contribution in [-0.2, 0) is 6.18 Å². The van der Waals surface area contributed by atoms with E-state index in [1.807, 2.05) is 0 Å². The molecular weight excluding hydrogens is 274 g/mol. The molecule has 0 aliphatic rings. The van der Waals surface area contributed by atoms with Gasteiger partial charge in [-0.15, -0.1) is 12.4 Å². The fourth-order valence-corrected chi connectivity index (χ4v) is 1.47. The highest BCUT2D eigenvalue weighted by atomic mass is 35.5. The Morgan fingerprint density at radius 1 is 1.22 bits per heavy atom. The predicted octanol–water partition coefficient (Wildman–Crippen LogP) is 3.04. The minimum atomic E-state index is -4.59. The molecule has 2 nitrogen and oxygen atoms in total. The highest BCUT2D eigenvalue weighted by Gasteiger charge is 2.31. The van der Waals surface area contributed by atoms with E-state index in [0.717, 1.165) is 12.1 Å². The Labute approximate surface area is 108 Å². The third-order valence-corrected chi connectivity index (χ3v) is 2.35. The van der Waals surface area contributed by atoms with Gasteiger partial charge in [-0.3, -0.25) is 0 Å². The van der Waals surface area contributed by atoms with Gasteiger partial charge in [-0.05, 0) is 36.6 Å². The second-order valence-electron chi connectivity index (χ2n) is 3.74. The Balaban J connectivity index is 0.00000289. The molecule has 0 unspecified atom stereocenters. The minimum absolute atomic E-state index is 0. The molecule has 0 radical (unpaired) electrons. The van der Waals surface area contributed by atoms with Crippen LogP contribution in [0.4, 0.5) is 17.6 Å². The molecular formula is C11H14ClF4NO. The molecule has 1 aromatic rings. The van der Waals surface area contributed by atoms with E-state index in [9.17, 15) is 17.6 Å². The smallest absolute Gasteiger partial charge is 0.396 e. The first-order chi connectivity index (χ1) is 7.84. The number of alkyl halides is 3. The van der Waals surface area contributed by atoms with Crippen LogP contribution in [0.1, 0.15) is 30.0 Å². The van der Waals surface area contributed by atoms with E-state index in [4.69, 9.17) is 10.8 Å². The quantitative estimate of drug-likeness (QED) is 0.836. The number of hydrogen-bond acceptors (Lipinski definition) is 2. The summed E-state index contributed by atoms with van der Waals surface area (Å²) in [5.41, 5.74) is 4.66. The fraction of sp³-hybridized carbons (Fsp3) is 0.455. The molecule has 18 heavy (non-hydrogen) atoms. The Morgan fingerprint density at radius 3 is 2.33 bits per heavy atom. The second-order valence-corrected chi connectivity index (χ2v) is 3.74. The highest BCUT2D eigenvalue weighted by molar-refractivity contribution is 5.85. The average Bonchev–Trinajstić information content (AvgIpc) is 2.23. The van der Waals surface area contributed by atoms with E-state index in [2.05, 4.69) is 0 Å². The van der Waals surface area contributed by atoms with Crippen LogP contribution in [0, 0.1) is 5.82 Å². The maximum absolute atomic E-state index is 13.0. The number of aliphatic hydroxyl groups is 1. The van der Waals surface area contributed by atoms with Crippen LogP contribution in [-0.4, -0.2) is 11.7 Å². The van der Waals surface area contributed by atoms with E-state index < -0.39 is 23.6 Å². The lowest BCUT2D eigenvalue weighted by atomic mass is 10.0. The monoisotopic (exact) mass is 287 g/mol. The molecule has 0 aliphatic carbocycles. The van der Waals surface area contributed by atoms with Crippen LogP contribution in [0.25, 0.3) is 0 Å². The van der Waals surface area contributed by atoms with Gasteiger partial charge in [0.2, 0.25) is 0 Å². The number of rotatable bonds is 4. The van der Waals surface area contributed by atoms with Crippen molar-refractivity contribution in [2.45, 2.75) is 25.1 Å². The zero-order chi connectivity index (χ0) is 13.1. The van der Waals surface area contributed by atoms with Crippen LogP contribution in [0.5, 0.6) is 0 Å². The van der Waals surface area contributed by atoms with Crippen LogP contribution in [0.3, 0.4) is 0 Å². The number of benzene rings is 1. The molecule has 0 aromatic heterocycles. The molecule has 1 aromatic carbocycles. The summed E-state index contributed by atoms with van der Waals surface area (Å²) in [7, 11) is 0. The van der Waals surface area contributed by atoms with E-state index in [1.54, 1.807) is 0 Å². The number of nitrogens with two attached hydrogens (primary N) is 1. The van der Waals surface area contributed by atoms with E-state index in [1.165, 1.54) is 0 Å². The predicted molar refractivity (Wildman–Crippen MR) is 61.9 cm³/mol. The summed E-state index contributed by atoms with van der Waals surface area (Å²) in [5, 5.41) is 8.59. The van der Waals surface area contributed by atoms with Crippen molar-refractivity contribution in [3.8, 4) is 0 Å². The molecule has 0 spiro atoms. The van der Waals surface area contributed by atoms with Crippen molar-refractivity contribution < 1.29 is 22.7 Å². The molecule has 3 N–H and O–H groups in total. The lowest BCUT2D eigenvalue weighted by molar-refractivity contribution is -0.137. The van der Waals surface area contributed by atoms with Crippen molar-refractivity contribution in [1.29, 1.82) is 0 Å². The molecule has 1 rings (SSSR count). The molecule has 0 aliphatic heterocycles. The van der Waals surface area contributed by atoms with Gasteiger partial charge in [-0.1, -0.05) is 0 Å². The second kappa shape index (κ2) is 6.92. The molecule has 0 amide bonds. The summed E-state index contributed by atoms with van der Waals surface area (Å²) < 4.78 is 50.3. The molecule has 0 heterocycles. The molecule has 104 valence electrons. The van der Waals surface area contributed by atoms with Gasteiger partial charge in [0.25, 0.3) is 0 Å². The first kappa shape index (κ1) is 17.2. The topological polar surface area (TPSA) is 46.2 Å². The highest BCUT2D eigenvalue weighted by Crippen LogP contribution is 2.31. The van der Waals surface area contributed by atoms with E-state index in [-0.39, 0.29) is 24.6 Å². The summed E-state index contributed by atoms with van der Waals surface area (Å²) in [5.74, 6) is -0.964. The summed E-state index contributed by atoms with van der Waals surface area (Å²) in [6, 6.07) is 1.55. The van der Waals surface area contributed by atoms with Crippen LogP contribution >= 0.6 is 12.4 Å². The summed E-state index contributed by atoms with van der Waals surface area (Å²) in [4.78, 5) is 0. The van der Waals surface area contributed by atoms with Crippen LogP contribution in [0.15, 0.2) is 18.2 Å². The van der Waals surface area contributed by atoms with Crippen molar-refractivity contribution in [3.63, 3.8) is 0 Å². The standard InChI is InChI=1S/C11H13F4NO.ClH/c12-9-5-7(10(16)2-1-3-17)4-8(6-9)11(13,14)15;/h4-6,10,17H,1-3,16H2;1H/t10-;/m0./s1. The number of aliphatic hydroxyl groups excluding tert-OH is 1. The van der Waals surface area contributed by atoms with Gasteiger partial charge in [0.15, 0.2) is 0 Å². The van der Waals surface area contributed by atoms with Crippen LogP contribution in [0.2, 0.25) is 0 Å². The SMILES string of the molecule is Cl.N[C@@H](CCCO)c1cc(F)cc(C(F)(F)F)c1.